The van der Waals surface area contributed by atoms with E-state index in [0.29, 0.717) is 0 Å². The molecule has 1 fully saturated rings. The number of likely N-dealkylation sites (tertiary alicyclic amines) is 1. The summed E-state index contributed by atoms with van der Waals surface area (Å²) in [4.78, 5) is 2.26. The third-order valence-corrected chi connectivity index (χ3v) is 3.32. The van der Waals surface area contributed by atoms with Crippen LogP contribution in [0.2, 0.25) is 0 Å². The Morgan fingerprint density at radius 2 is 2.25 bits per heavy atom. The van der Waals surface area contributed by atoms with Crippen molar-refractivity contribution in [3.63, 3.8) is 0 Å². The predicted molar refractivity (Wildman–Crippen MR) is 63.5 cm³/mol. The van der Waals surface area contributed by atoms with Gasteiger partial charge in [-0.05, 0) is 25.8 Å². The van der Waals surface area contributed by atoms with Crippen LogP contribution in [0.5, 0.6) is 0 Å². The zero-order valence-corrected chi connectivity index (χ0v) is 10.2. The molecule has 5 heteroatoms. The summed E-state index contributed by atoms with van der Waals surface area (Å²) in [6.45, 7) is 6.68. The topological polar surface area (TPSA) is 82.1 Å². The van der Waals surface area contributed by atoms with Gasteiger partial charge < -0.3 is 20.9 Å². The minimum Gasteiger partial charge on any atom is -0.409 e. The molecule has 1 unspecified atom stereocenters. The van der Waals surface area contributed by atoms with Crippen LogP contribution in [0.3, 0.4) is 0 Å². The van der Waals surface area contributed by atoms with Crippen molar-refractivity contribution in [2.75, 3.05) is 19.6 Å². The van der Waals surface area contributed by atoms with Crippen molar-refractivity contribution < 1.29 is 10.3 Å². The highest BCUT2D eigenvalue weighted by Gasteiger charge is 2.24. The molecule has 0 bridgehead atoms. The monoisotopic (exact) mass is 229 g/mol. The van der Waals surface area contributed by atoms with Gasteiger partial charge in [-0.1, -0.05) is 19.0 Å². The van der Waals surface area contributed by atoms with Gasteiger partial charge in [-0.15, -0.1) is 0 Å². The standard InChI is InChI=1S/C11H23N3O2/c1-11(2,10(12)13-16)5-3-6-14-7-4-9(15)8-14/h9,15-16H,3-8H2,1-2H3,(H2,12,13). The van der Waals surface area contributed by atoms with Crippen LogP contribution in [0.1, 0.15) is 33.1 Å². The minimum absolute atomic E-state index is 0.155. The van der Waals surface area contributed by atoms with E-state index in [2.05, 4.69) is 10.1 Å². The van der Waals surface area contributed by atoms with Gasteiger partial charge in [0, 0.05) is 18.5 Å². The summed E-state index contributed by atoms with van der Waals surface area (Å²) >= 11 is 0. The summed E-state index contributed by atoms with van der Waals surface area (Å²) < 4.78 is 0. The van der Waals surface area contributed by atoms with Crippen LogP contribution in [-0.4, -0.2) is 46.8 Å². The number of hydrogen-bond acceptors (Lipinski definition) is 4. The Bertz CT molecular complexity index is 254. The number of amidine groups is 1. The fourth-order valence-electron chi connectivity index (χ4n) is 2.02. The van der Waals surface area contributed by atoms with Crippen molar-refractivity contribution in [3.8, 4) is 0 Å². The lowest BCUT2D eigenvalue weighted by molar-refractivity contribution is 0.175. The van der Waals surface area contributed by atoms with E-state index in [1.165, 1.54) is 0 Å². The second-order valence-corrected chi connectivity index (χ2v) is 5.22. The number of aliphatic hydroxyl groups excluding tert-OH is 1. The highest BCUT2D eigenvalue weighted by Crippen LogP contribution is 2.23. The second kappa shape index (κ2) is 5.50. The lowest BCUT2D eigenvalue weighted by atomic mass is 9.86. The van der Waals surface area contributed by atoms with E-state index in [4.69, 9.17) is 10.9 Å². The van der Waals surface area contributed by atoms with Gasteiger partial charge in [-0.3, -0.25) is 0 Å². The highest BCUT2D eigenvalue weighted by molar-refractivity contribution is 5.85. The van der Waals surface area contributed by atoms with Crippen molar-refractivity contribution in [3.05, 3.63) is 0 Å². The molecule has 0 saturated carbocycles. The van der Waals surface area contributed by atoms with Crippen molar-refractivity contribution in [2.24, 2.45) is 16.3 Å². The van der Waals surface area contributed by atoms with Gasteiger partial charge in [0.15, 0.2) is 0 Å². The first-order chi connectivity index (χ1) is 7.45. The second-order valence-electron chi connectivity index (χ2n) is 5.22. The van der Waals surface area contributed by atoms with E-state index in [9.17, 15) is 5.11 Å². The Morgan fingerprint density at radius 3 is 2.75 bits per heavy atom. The molecule has 1 aliphatic rings. The molecular weight excluding hydrogens is 206 g/mol. The van der Waals surface area contributed by atoms with Crippen molar-refractivity contribution >= 4 is 5.84 Å². The molecule has 0 amide bonds. The Hall–Kier alpha value is -0.810. The van der Waals surface area contributed by atoms with Crippen LogP contribution in [0, 0.1) is 5.41 Å². The summed E-state index contributed by atoms with van der Waals surface area (Å²) in [6, 6.07) is 0. The Morgan fingerprint density at radius 1 is 1.56 bits per heavy atom. The fraction of sp³-hybridized carbons (Fsp3) is 0.909. The van der Waals surface area contributed by atoms with Gasteiger partial charge in [-0.2, -0.15) is 0 Å². The molecule has 94 valence electrons. The number of nitrogens with two attached hydrogens (primary N) is 1. The Kier molecular flexibility index (Phi) is 4.56. The third-order valence-electron chi connectivity index (χ3n) is 3.32. The molecule has 1 atom stereocenters. The molecule has 0 aromatic heterocycles. The SMILES string of the molecule is CC(C)(CCCN1CCC(O)C1)C(N)=NO. The summed E-state index contributed by atoms with van der Waals surface area (Å²) in [6.07, 6.45) is 2.60. The van der Waals surface area contributed by atoms with Crippen LogP contribution in [-0.2, 0) is 0 Å². The van der Waals surface area contributed by atoms with Gasteiger partial charge in [0.1, 0.15) is 5.84 Å². The fourth-order valence-corrected chi connectivity index (χ4v) is 2.02. The smallest absolute Gasteiger partial charge is 0.144 e. The summed E-state index contributed by atoms with van der Waals surface area (Å²) in [5.74, 6) is 0.286. The average Bonchev–Trinajstić information content (AvgIpc) is 2.62. The maximum atomic E-state index is 9.37. The van der Waals surface area contributed by atoms with Gasteiger partial charge in [0.2, 0.25) is 0 Å². The molecule has 1 aliphatic heterocycles. The molecule has 0 aliphatic carbocycles. The first kappa shape index (κ1) is 13.3. The average molecular weight is 229 g/mol. The predicted octanol–water partition coefficient (Wildman–Crippen LogP) is 0.606. The van der Waals surface area contributed by atoms with Crippen molar-refractivity contribution in [1.82, 2.24) is 4.90 Å². The van der Waals surface area contributed by atoms with E-state index >= 15 is 0 Å². The van der Waals surface area contributed by atoms with E-state index < -0.39 is 0 Å². The summed E-state index contributed by atoms with van der Waals surface area (Å²) in [7, 11) is 0. The molecule has 0 radical (unpaired) electrons. The van der Waals surface area contributed by atoms with Gasteiger partial charge in [0.25, 0.3) is 0 Å². The maximum absolute atomic E-state index is 9.37. The van der Waals surface area contributed by atoms with E-state index in [-0.39, 0.29) is 17.4 Å². The number of β-amino-alcohol motifs (C(OH)–C–C–N with tert-alkyl or cyclic N) is 1. The number of hydrogen-bond donors (Lipinski definition) is 3. The quantitative estimate of drug-likeness (QED) is 0.279. The van der Waals surface area contributed by atoms with Crippen LogP contribution in [0.15, 0.2) is 5.16 Å². The molecule has 1 rings (SSSR count). The van der Waals surface area contributed by atoms with Gasteiger partial charge >= 0.3 is 0 Å². The molecule has 16 heavy (non-hydrogen) atoms. The first-order valence-electron chi connectivity index (χ1n) is 5.84. The zero-order chi connectivity index (χ0) is 12.2. The Labute approximate surface area is 96.9 Å². The number of aliphatic hydroxyl groups is 1. The van der Waals surface area contributed by atoms with Crippen LogP contribution < -0.4 is 5.73 Å². The number of nitrogens with zero attached hydrogens (tertiary/aromatic N) is 2. The zero-order valence-electron chi connectivity index (χ0n) is 10.2. The minimum atomic E-state index is -0.257. The lowest BCUT2D eigenvalue weighted by Crippen LogP contribution is -2.33. The molecule has 0 aromatic rings. The van der Waals surface area contributed by atoms with Crippen LogP contribution in [0.4, 0.5) is 0 Å². The normalized spacial score (nSPS) is 23.9. The van der Waals surface area contributed by atoms with Gasteiger partial charge in [0.05, 0.1) is 6.10 Å². The molecule has 5 nitrogen and oxygen atoms in total. The Balaban J connectivity index is 2.25. The van der Waals surface area contributed by atoms with Gasteiger partial charge in [-0.25, -0.2) is 0 Å². The molecule has 0 aromatic carbocycles. The number of oxime groups is 1. The third kappa shape index (κ3) is 3.64. The van der Waals surface area contributed by atoms with Crippen LogP contribution >= 0.6 is 0 Å². The summed E-state index contributed by atoms with van der Waals surface area (Å²) in [5, 5.41) is 21.1. The van der Waals surface area contributed by atoms with Crippen molar-refractivity contribution in [2.45, 2.75) is 39.2 Å². The maximum Gasteiger partial charge on any atom is 0.144 e. The lowest BCUT2D eigenvalue weighted by Gasteiger charge is -2.24. The molecular formula is C11H23N3O2. The molecule has 1 heterocycles. The summed E-state index contributed by atoms with van der Waals surface area (Å²) in [5.41, 5.74) is 5.36. The first-order valence-corrected chi connectivity index (χ1v) is 5.84. The molecule has 4 N–H and O–H groups in total. The van der Waals surface area contributed by atoms with Crippen LogP contribution in [0.25, 0.3) is 0 Å². The largest absolute Gasteiger partial charge is 0.409 e. The van der Waals surface area contributed by atoms with E-state index in [0.717, 1.165) is 38.9 Å². The van der Waals surface area contributed by atoms with Crippen molar-refractivity contribution in [1.29, 1.82) is 0 Å². The highest BCUT2D eigenvalue weighted by atomic mass is 16.4. The van der Waals surface area contributed by atoms with E-state index in [1.54, 1.807) is 0 Å². The number of rotatable bonds is 5. The molecule has 1 saturated heterocycles. The molecule has 0 spiro atoms. The van der Waals surface area contributed by atoms with E-state index in [1.807, 2.05) is 13.8 Å².